The van der Waals surface area contributed by atoms with Crippen molar-refractivity contribution >= 4 is 5.91 Å². The first-order valence-electron chi connectivity index (χ1n) is 5.70. The molecule has 1 heterocycles. The molecule has 1 rings (SSSR count). The molecule has 0 aliphatic carbocycles. The molecule has 0 aromatic carbocycles. The average Bonchev–Trinajstić information content (AvgIpc) is 2.40. The fourth-order valence-electron chi connectivity index (χ4n) is 2.08. The minimum atomic E-state index is -0.0221. The van der Waals surface area contributed by atoms with Crippen molar-refractivity contribution in [2.45, 2.75) is 45.6 Å². The fourth-order valence-corrected chi connectivity index (χ4v) is 2.08. The predicted molar refractivity (Wildman–Crippen MR) is 61.0 cm³/mol. The minimum absolute atomic E-state index is 0.0221. The molecule has 1 atom stereocenters. The van der Waals surface area contributed by atoms with Crippen LogP contribution in [0.1, 0.15) is 40.0 Å². The van der Waals surface area contributed by atoms with Gasteiger partial charge in [-0.25, -0.2) is 5.84 Å². The quantitative estimate of drug-likeness (QED) is 0.386. The summed E-state index contributed by atoms with van der Waals surface area (Å²) in [7, 11) is 0. The van der Waals surface area contributed by atoms with E-state index < -0.39 is 0 Å². The molecule has 4 nitrogen and oxygen atoms in total. The van der Waals surface area contributed by atoms with Gasteiger partial charge in [0.2, 0.25) is 5.91 Å². The minimum Gasteiger partial charge on any atom is -0.298 e. The van der Waals surface area contributed by atoms with Crippen molar-refractivity contribution in [1.29, 1.82) is 0 Å². The number of amides is 1. The zero-order valence-corrected chi connectivity index (χ0v) is 10.0. The lowest BCUT2D eigenvalue weighted by molar-refractivity contribution is -0.126. The lowest BCUT2D eigenvalue weighted by Crippen LogP contribution is -2.47. The highest BCUT2D eigenvalue weighted by Crippen LogP contribution is 2.22. The maximum absolute atomic E-state index is 11.5. The summed E-state index contributed by atoms with van der Waals surface area (Å²) in [5.41, 5.74) is 2.41. The van der Waals surface area contributed by atoms with Gasteiger partial charge in [-0.3, -0.25) is 15.1 Å². The second kappa shape index (κ2) is 4.94. The summed E-state index contributed by atoms with van der Waals surface area (Å²) in [6.45, 7) is 8.48. The lowest BCUT2D eigenvalue weighted by atomic mass is 10.0. The van der Waals surface area contributed by atoms with Gasteiger partial charge in [-0.1, -0.05) is 6.42 Å². The van der Waals surface area contributed by atoms with E-state index in [-0.39, 0.29) is 17.4 Å². The molecular weight excluding hydrogens is 190 g/mol. The zero-order valence-electron chi connectivity index (χ0n) is 10.0. The summed E-state index contributed by atoms with van der Waals surface area (Å²) < 4.78 is 0. The van der Waals surface area contributed by atoms with Gasteiger partial charge in [0.1, 0.15) is 0 Å². The highest BCUT2D eigenvalue weighted by molar-refractivity contribution is 5.78. The van der Waals surface area contributed by atoms with Crippen molar-refractivity contribution in [1.82, 2.24) is 10.3 Å². The number of carbonyl (C=O) groups excluding carboxylic acids is 1. The molecule has 4 heteroatoms. The van der Waals surface area contributed by atoms with Crippen molar-refractivity contribution in [3.63, 3.8) is 0 Å². The van der Waals surface area contributed by atoms with E-state index in [0.29, 0.717) is 0 Å². The summed E-state index contributed by atoms with van der Waals surface area (Å²) in [6, 6.07) is 0. The maximum atomic E-state index is 11.5. The Hall–Kier alpha value is -0.610. The van der Waals surface area contributed by atoms with Gasteiger partial charge in [-0.2, -0.15) is 0 Å². The van der Waals surface area contributed by atoms with E-state index in [9.17, 15) is 4.79 Å². The van der Waals surface area contributed by atoms with Gasteiger partial charge in [-0.05, 0) is 40.2 Å². The number of carbonyl (C=O) groups is 1. The van der Waals surface area contributed by atoms with Crippen LogP contribution in [0.15, 0.2) is 0 Å². The van der Waals surface area contributed by atoms with Crippen molar-refractivity contribution in [3.05, 3.63) is 0 Å². The van der Waals surface area contributed by atoms with Crippen LogP contribution in [-0.4, -0.2) is 29.4 Å². The zero-order chi connectivity index (χ0) is 11.5. The third-order valence-corrected chi connectivity index (χ3v) is 3.13. The Morgan fingerprint density at radius 1 is 1.40 bits per heavy atom. The summed E-state index contributed by atoms with van der Waals surface area (Å²) in [5, 5.41) is 0. The van der Waals surface area contributed by atoms with Crippen LogP contribution in [0, 0.1) is 5.92 Å². The van der Waals surface area contributed by atoms with Crippen LogP contribution >= 0.6 is 0 Å². The first-order chi connectivity index (χ1) is 6.95. The molecule has 0 saturated carbocycles. The van der Waals surface area contributed by atoms with Gasteiger partial charge in [-0.15, -0.1) is 0 Å². The molecule has 1 fully saturated rings. The Bertz CT molecular complexity index is 222. The number of likely N-dealkylation sites (tertiary alicyclic amines) is 1. The van der Waals surface area contributed by atoms with E-state index in [1.165, 1.54) is 6.42 Å². The second-order valence-corrected chi connectivity index (χ2v) is 5.32. The van der Waals surface area contributed by atoms with Gasteiger partial charge < -0.3 is 0 Å². The van der Waals surface area contributed by atoms with Crippen LogP contribution in [0.3, 0.4) is 0 Å². The van der Waals surface area contributed by atoms with Gasteiger partial charge in [0.05, 0.1) is 5.92 Å². The molecule has 3 N–H and O–H groups in total. The number of hydrazine groups is 1. The number of nitrogens with zero attached hydrogens (tertiary/aromatic N) is 1. The van der Waals surface area contributed by atoms with Crippen LogP contribution in [0.4, 0.5) is 0 Å². The Morgan fingerprint density at radius 3 is 2.60 bits per heavy atom. The van der Waals surface area contributed by atoms with Crippen LogP contribution in [-0.2, 0) is 4.79 Å². The van der Waals surface area contributed by atoms with Crippen LogP contribution < -0.4 is 11.3 Å². The van der Waals surface area contributed by atoms with Crippen LogP contribution in [0.5, 0.6) is 0 Å². The molecule has 0 spiro atoms. The van der Waals surface area contributed by atoms with E-state index in [1.807, 2.05) is 0 Å². The van der Waals surface area contributed by atoms with Gasteiger partial charge >= 0.3 is 0 Å². The smallest absolute Gasteiger partial charge is 0.238 e. The molecule has 1 aliphatic rings. The molecule has 0 bridgehead atoms. The van der Waals surface area contributed by atoms with Gasteiger partial charge in [0.15, 0.2) is 0 Å². The summed E-state index contributed by atoms with van der Waals surface area (Å²) >= 11 is 0. The first-order valence-corrected chi connectivity index (χ1v) is 5.70. The third-order valence-electron chi connectivity index (χ3n) is 3.13. The van der Waals surface area contributed by atoms with Crippen molar-refractivity contribution in [2.24, 2.45) is 11.8 Å². The first kappa shape index (κ1) is 12.5. The van der Waals surface area contributed by atoms with Crippen LogP contribution in [0.2, 0.25) is 0 Å². The van der Waals surface area contributed by atoms with Crippen LogP contribution in [0.25, 0.3) is 0 Å². The molecule has 1 aliphatic heterocycles. The molecule has 1 saturated heterocycles. The topological polar surface area (TPSA) is 58.4 Å². The number of nitrogens with two attached hydrogens (primary N) is 1. The molecule has 0 aromatic rings. The van der Waals surface area contributed by atoms with E-state index in [1.54, 1.807) is 0 Å². The van der Waals surface area contributed by atoms with E-state index in [0.717, 1.165) is 25.9 Å². The van der Waals surface area contributed by atoms with Crippen molar-refractivity contribution < 1.29 is 4.79 Å². The summed E-state index contributed by atoms with van der Waals surface area (Å²) in [4.78, 5) is 13.9. The van der Waals surface area contributed by atoms with E-state index >= 15 is 0 Å². The van der Waals surface area contributed by atoms with Crippen molar-refractivity contribution in [2.75, 3.05) is 13.1 Å². The molecule has 0 radical (unpaired) electrons. The largest absolute Gasteiger partial charge is 0.298 e. The normalized spacial score (nSPS) is 24.7. The third kappa shape index (κ3) is 3.47. The fraction of sp³-hybridized carbons (Fsp3) is 0.909. The number of hydrogen-bond donors (Lipinski definition) is 2. The predicted octanol–water partition coefficient (Wildman–Crippen LogP) is 0.877. The number of rotatable bonds is 1. The molecule has 88 valence electrons. The monoisotopic (exact) mass is 213 g/mol. The average molecular weight is 213 g/mol. The standard InChI is InChI=1S/C11H23N3O/c1-11(2,3)14-7-5-4-6-9(8-14)10(15)13-12/h9H,4-8,12H2,1-3H3,(H,13,15)/t9-/m1/s1. The van der Waals surface area contributed by atoms with Gasteiger partial charge in [0.25, 0.3) is 0 Å². The summed E-state index contributed by atoms with van der Waals surface area (Å²) in [6.07, 6.45) is 3.24. The molecule has 15 heavy (non-hydrogen) atoms. The Morgan fingerprint density at radius 2 is 2.07 bits per heavy atom. The molecule has 0 unspecified atom stereocenters. The summed E-state index contributed by atoms with van der Waals surface area (Å²) in [5.74, 6) is 5.22. The number of nitrogens with one attached hydrogen (secondary N) is 1. The number of hydrogen-bond acceptors (Lipinski definition) is 3. The van der Waals surface area contributed by atoms with Gasteiger partial charge in [0, 0.05) is 12.1 Å². The van der Waals surface area contributed by atoms with E-state index in [4.69, 9.17) is 5.84 Å². The highest BCUT2D eigenvalue weighted by atomic mass is 16.2. The highest BCUT2D eigenvalue weighted by Gasteiger charge is 2.29. The Labute approximate surface area is 92.2 Å². The molecular formula is C11H23N3O. The Balaban J connectivity index is 2.65. The lowest BCUT2D eigenvalue weighted by Gasteiger charge is -2.36. The van der Waals surface area contributed by atoms with E-state index in [2.05, 4.69) is 31.1 Å². The Kier molecular flexibility index (Phi) is 4.11. The van der Waals surface area contributed by atoms with Crippen molar-refractivity contribution in [3.8, 4) is 0 Å². The SMILES string of the molecule is CC(C)(C)N1CCCC[C@@H](C(=O)NN)C1. The molecule has 0 aromatic heterocycles. The second-order valence-electron chi connectivity index (χ2n) is 5.32. The molecule has 1 amide bonds. The maximum Gasteiger partial charge on any atom is 0.238 e.